The minimum Gasteiger partial charge on any atom is -0.351 e. The smallest absolute Gasteiger partial charge is 0.320 e. The molecule has 1 atom stereocenters. The second kappa shape index (κ2) is 8.22. The SMILES string of the molecule is CN1CCN(C(=O)N2CCCC(CNC(=O)c3cc4ccccc4[nH]3)C2)CC1. The Hall–Kier alpha value is -2.54. The van der Waals surface area contributed by atoms with Crippen LogP contribution in [-0.4, -0.2) is 84.5 Å². The minimum atomic E-state index is -0.0845. The summed E-state index contributed by atoms with van der Waals surface area (Å²) in [5.74, 6) is 0.220. The van der Waals surface area contributed by atoms with E-state index in [1.807, 2.05) is 40.1 Å². The summed E-state index contributed by atoms with van der Waals surface area (Å²) in [5, 5.41) is 4.08. The van der Waals surface area contributed by atoms with Crippen molar-refractivity contribution in [3.63, 3.8) is 0 Å². The van der Waals surface area contributed by atoms with E-state index in [1.54, 1.807) is 0 Å². The van der Waals surface area contributed by atoms with Crippen LogP contribution in [-0.2, 0) is 0 Å². The number of urea groups is 1. The zero-order chi connectivity index (χ0) is 19.5. The first-order valence-electron chi connectivity index (χ1n) is 10.2. The number of piperazine rings is 1. The zero-order valence-corrected chi connectivity index (χ0v) is 16.5. The number of piperidine rings is 1. The van der Waals surface area contributed by atoms with Gasteiger partial charge in [0.15, 0.2) is 0 Å². The molecule has 3 amide bonds. The van der Waals surface area contributed by atoms with E-state index >= 15 is 0 Å². The topological polar surface area (TPSA) is 71.7 Å². The van der Waals surface area contributed by atoms with Crippen LogP contribution >= 0.6 is 0 Å². The molecule has 2 fully saturated rings. The van der Waals surface area contributed by atoms with Crippen molar-refractivity contribution in [2.24, 2.45) is 5.92 Å². The number of carbonyl (C=O) groups is 2. The van der Waals surface area contributed by atoms with Crippen LogP contribution in [0.1, 0.15) is 23.3 Å². The van der Waals surface area contributed by atoms with Crippen LogP contribution in [0.4, 0.5) is 4.79 Å². The number of nitrogens with zero attached hydrogens (tertiary/aromatic N) is 3. The number of nitrogens with one attached hydrogen (secondary N) is 2. The Balaban J connectivity index is 1.30. The maximum absolute atomic E-state index is 12.8. The number of carbonyl (C=O) groups excluding carboxylic acids is 2. The van der Waals surface area contributed by atoms with Gasteiger partial charge in [0.1, 0.15) is 5.69 Å². The van der Waals surface area contributed by atoms with E-state index in [2.05, 4.69) is 22.2 Å². The third-order valence-electron chi connectivity index (χ3n) is 5.89. The summed E-state index contributed by atoms with van der Waals surface area (Å²) in [6.07, 6.45) is 2.03. The molecular formula is C21H29N5O2. The number of benzene rings is 1. The molecule has 2 N–H and O–H groups in total. The standard InChI is InChI=1S/C21H29N5O2/c1-24-9-11-25(12-10-24)21(28)26-8-4-5-16(15-26)14-22-20(27)19-13-17-6-2-3-7-18(17)23-19/h2-3,6-7,13,16,23H,4-5,8-12,14-15H2,1H3,(H,22,27). The number of rotatable bonds is 3. The average molecular weight is 383 g/mol. The molecule has 3 heterocycles. The lowest BCUT2D eigenvalue weighted by molar-refractivity contribution is 0.0915. The third kappa shape index (κ3) is 4.14. The highest BCUT2D eigenvalue weighted by Crippen LogP contribution is 2.19. The number of hydrogen-bond acceptors (Lipinski definition) is 3. The van der Waals surface area contributed by atoms with Crippen molar-refractivity contribution in [3.05, 3.63) is 36.0 Å². The number of likely N-dealkylation sites (N-methyl/N-ethyl adjacent to an activating group) is 1. The van der Waals surface area contributed by atoms with E-state index in [0.717, 1.165) is 63.0 Å². The van der Waals surface area contributed by atoms with Crippen LogP contribution < -0.4 is 5.32 Å². The summed E-state index contributed by atoms with van der Waals surface area (Å²) in [4.78, 5) is 34.7. The molecule has 2 aliphatic heterocycles. The highest BCUT2D eigenvalue weighted by molar-refractivity contribution is 5.97. The Kier molecular flexibility index (Phi) is 5.52. The fraction of sp³-hybridized carbons (Fsp3) is 0.524. The largest absolute Gasteiger partial charge is 0.351 e. The second-order valence-electron chi connectivity index (χ2n) is 8.01. The first-order chi connectivity index (χ1) is 13.6. The zero-order valence-electron chi connectivity index (χ0n) is 16.5. The number of hydrogen-bond donors (Lipinski definition) is 2. The Morgan fingerprint density at radius 2 is 1.89 bits per heavy atom. The Morgan fingerprint density at radius 3 is 2.68 bits per heavy atom. The number of amides is 3. The summed E-state index contributed by atoms with van der Waals surface area (Å²) in [5.41, 5.74) is 1.55. The van der Waals surface area contributed by atoms with Gasteiger partial charge in [0, 0.05) is 56.7 Å². The van der Waals surface area contributed by atoms with Gasteiger partial charge in [-0.25, -0.2) is 4.79 Å². The lowest BCUT2D eigenvalue weighted by Crippen LogP contribution is -2.54. The van der Waals surface area contributed by atoms with E-state index in [0.29, 0.717) is 18.2 Å². The number of aromatic nitrogens is 1. The van der Waals surface area contributed by atoms with Crippen LogP contribution in [0.15, 0.2) is 30.3 Å². The summed E-state index contributed by atoms with van der Waals surface area (Å²) >= 11 is 0. The number of para-hydroxylation sites is 1. The van der Waals surface area contributed by atoms with Gasteiger partial charge in [0.05, 0.1) is 0 Å². The molecule has 0 radical (unpaired) electrons. The maximum Gasteiger partial charge on any atom is 0.320 e. The van der Waals surface area contributed by atoms with Crippen LogP contribution in [0, 0.1) is 5.92 Å². The monoisotopic (exact) mass is 383 g/mol. The van der Waals surface area contributed by atoms with Gasteiger partial charge in [0.2, 0.25) is 0 Å². The maximum atomic E-state index is 12.8. The molecule has 7 heteroatoms. The van der Waals surface area contributed by atoms with Gasteiger partial charge < -0.3 is 25.0 Å². The summed E-state index contributed by atoms with van der Waals surface area (Å²) in [6, 6.07) is 9.91. The van der Waals surface area contributed by atoms with Crippen LogP contribution in [0.2, 0.25) is 0 Å². The van der Waals surface area contributed by atoms with Crippen molar-refractivity contribution in [3.8, 4) is 0 Å². The molecule has 4 rings (SSSR count). The minimum absolute atomic E-state index is 0.0845. The third-order valence-corrected chi connectivity index (χ3v) is 5.89. The van der Waals surface area contributed by atoms with E-state index in [1.165, 1.54) is 0 Å². The first kappa shape index (κ1) is 18.8. The molecule has 1 aromatic carbocycles. The van der Waals surface area contributed by atoms with Crippen LogP contribution in [0.25, 0.3) is 10.9 Å². The molecule has 2 aliphatic rings. The predicted octanol–water partition coefficient (Wildman–Crippen LogP) is 1.98. The van der Waals surface area contributed by atoms with E-state index in [4.69, 9.17) is 0 Å². The molecule has 0 aliphatic carbocycles. The Morgan fingerprint density at radius 1 is 1.11 bits per heavy atom. The van der Waals surface area contributed by atoms with Gasteiger partial charge in [-0.05, 0) is 37.9 Å². The molecule has 7 nitrogen and oxygen atoms in total. The van der Waals surface area contributed by atoms with Crippen molar-refractivity contribution in [1.29, 1.82) is 0 Å². The number of likely N-dealkylation sites (tertiary alicyclic amines) is 1. The summed E-state index contributed by atoms with van der Waals surface area (Å²) < 4.78 is 0. The Labute approximate surface area is 165 Å². The molecule has 0 spiro atoms. The molecule has 0 bridgehead atoms. The predicted molar refractivity (Wildman–Crippen MR) is 109 cm³/mol. The molecular weight excluding hydrogens is 354 g/mol. The average Bonchev–Trinajstić information content (AvgIpc) is 3.17. The van der Waals surface area contributed by atoms with Gasteiger partial charge >= 0.3 is 6.03 Å². The van der Waals surface area contributed by atoms with Crippen molar-refractivity contribution in [2.45, 2.75) is 12.8 Å². The van der Waals surface area contributed by atoms with Crippen molar-refractivity contribution in [1.82, 2.24) is 25.0 Å². The van der Waals surface area contributed by atoms with Crippen LogP contribution in [0.3, 0.4) is 0 Å². The van der Waals surface area contributed by atoms with Gasteiger partial charge in [-0.15, -0.1) is 0 Å². The van der Waals surface area contributed by atoms with Gasteiger partial charge in [-0.2, -0.15) is 0 Å². The van der Waals surface area contributed by atoms with Gasteiger partial charge in [-0.3, -0.25) is 4.79 Å². The van der Waals surface area contributed by atoms with Crippen LogP contribution in [0.5, 0.6) is 0 Å². The lowest BCUT2D eigenvalue weighted by Gasteiger charge is -2.39. The van der Waals surface area contributed by atoms with Gasteiger partial charge in [-0.1, -0.05) is 18.2 Å². The molecule has 0 saturated carbocycles. The first-order valence-corrected chi connectivity index (χ1v) is 10.2. The highest BCUT2D eigenvalue weighted by atomic mass is 16.2. The van der Waals surface area contributed by atoms with Crippen molar-refractivity contribution < 1.29 is 9.59 Å². The Bertz CT molecular complexity index is 807. The second-order valence-corrected chi connectivity index (χ2v) is 8.01. The molecule has 1 aromatic heterocycles. The molecule has 2 aromatic rings. The van der Waals surface area contributed by atoms with Crippen molar-refractivity contribution in [2.75, 3.05) is 52.9 Å². The van der Waals surface area contributed by atoms with Gasteiger partial charge in [0.25, 0.3) is 5.91 Å². The fourth-order valence-corrected chi connectivity index (χ4v) is 4.13. The fourth-order valence-electron chi connectivity index (χ4n) is 4.13. The van der Waals surface area contributed by atoms with E-state index in [-0.39, 0.29) is 11.9 Å². The molecule has 1 unspecified atom stereocenters. The summed E-state index contributed by atoms with van der Waals surface area (Å²) in [7, 11) is 2.09. The van der Waals surface area contributed by atoms with Crippen molar-refractivity contribution >= 4 is 22.8 Å². The van der Waals surface area contributed by atoms with E-state index < -0.39 is 0 Å². The highest BCUT2D eigenvalue weighted by Gasteiger charge is 2.28. The number of H-pyrrole nitrogens is 1. The van der Waals surface area contributed by atoms with E-state index in [9.17, 15) is 9.59 Å². The normalized spacial score (nSPS) is 21.1. The molecule has 2 saturated heterocycles. The number of fused-ring (bicyclic) bond motifs is 1. The number of aromatic amines is 1. The summed E-state index contributed by atoms with van der Waals surface area (Å²) in [6.45, 7) is 5.60. The lowest BCUT2D eigenvalue weighted by atomic mass is 9.98. The molecule has 28 heavy (non-hydrogen) atoms. The molecule has 150 valence electrons. The quantitative estimate of drug-likeness (QED) is 0.851.